The summed E-state index contributed by atoms with van der Waals surface area (Å²) in [6.07, 6.45) is 2.40. The maximum Gasteiger partial charge on any atom is 0.410 e. The van der Waals surface area contributed by atoms with Gasteiger partial charge in [-0.1, -0.05) is 0 Å². The van der Waals surface area contributed by atoms with E-state index in [0.717, 1.165) is 32.5 Å². The Bertz CT molecular complexity index is 548. The number of amides is 2. The number of carbonyl (C=O) groups is 3. The minimum atomic E-state index is -0.460. The Kier molecular flexibility index (Phi) is 9.39. The predicted molar refractivity (Wildman–Crippen MR) is 112 cm³/mol. The molecule has 29 heavy (non-hydrogen) atoms. The number of hydrogen-bond donors (Lipinski definition) is 1. The number of hydrogen-bond acceptors (Lipinski definition) is 6. The van der Waals surface area contributed by atoms with Crippen LogP contribution in [0.15, 0.2) is 0 Å². The number of nitrogens with zero attached hydrogens (tertiary/aromatic N) is 2. The molecule has 2 rings (SSSR count). The minimum Gasteiger partial charge on any atom is -0.444 e. The van der Waals surface area contributed by atoms with Crippen LogP contribution in [0.1, 0.15) is 67.2 Å². The Labute approximate surface area is 175 Å². The van der Waals surface area contributed by atoms with Crippen molar-refractivity contribution in [1.29, 1.82) is 0 Å². The van der Waals surface area contributed by atoms with Crippen LogP contribution < -0.4 is 5.73 Å². The first-order valence-electron chi connectivity index (χ1n) is 10.5. The maximum atomic E-state index is 11.7. The summed E-state index contributed by atoms with van der Waals surface area (Å²) < 4.78 is 10.5. The summed E-state index contributed by atoms with van der Waals surface area (Å²) in [5.74, 6) is 0.800. The lowest BCUT2D eigenvalue weighted by Gasteiger charge is -2.32. The molecule has 2 fully saturated rings. The summed E-state index contributed by atoms with van der Waals surface area (Å²) in [6, 6.07) is 0. The van der Waals surface area contributed by atoms with Crippen LogP contribution in [0.4, 0.5) is 9.59 Å². The monoisotopic (exact) mass is 413 g/mol. The Morgan fingerprint density at radius 3 is 1.59 bits per heavy atom. The van der Waals surface area contributed by atoms with Crippen molar-refractivity contribution in [3.8, 4) is 0 Å². The normalized spacial score (nSPS) is 18.7. The van der Waals surface area contributed by atoms with Crippen LogP contribution in [0.25, 0.3) is 0 Å². The highest BCUT2D eigenvalue weighted by atomic mass is 16.6. The molecule has 0 radical (unpaired) electrons. The first-order chi connectivity index (χ1) is 13.3. The molecule has 2 saturated heterocycles. The number of ketones is 1. The smallest absolute Gasteiger partial charge is 0.410 e. The van der Waals surface area contributed by atoms with Gasteiger partial charge in [0, 0.05) is 39.0 Å². The molecule has 0 saturated carbocycles. The molecule has 168 valence electrons. The third-order valence-corrected chi connectivity index (χ3v) is 4.57. The lowest BCUT2D eigenvalue weighted by Crippen LogP contribution is -2.42. The Morgan fingerprint density at radius 2 is 1.24 bits per heavy atom. The molecule has 0 bridgehead atoms. The molecular formula is C21H39N3O5. The van der Waals surface area contributed by atoms with E-state index in [2.05, 4.69) is 0 Å². The van der Waals surface area contributed by atoms with E-state index in [-0.39, 0.29) is 18.0 Å². The van der Waals surface area contributed by atoms with Crippen LogP contribution in [-0.4, -0.2) is 71.7 Å². The molecule has 2 N–H and O–H groups in total. The van der Waals surface area contributed by atoms with Crippen molar-refractivity contribution in [1.82, 2.24) is 9.80 Å². The number of Topliss-reactive ketones (excluding diaryl/α,β-unsaturated/α-hetero) is 1. The zero-order valence-electron chi connectivity index (χ0n) is 19.0. The van der Waals surface area contributed by atoms with Crippen molar-refractivity contribution < 1.29 is 23.9 Å². The third kappa shape index (κ3) is 10.5. The topological polar surface area (TPSA) is 102 Å². The number of likely N-dealkylation sites (tertiary alicyclic amines) is 2. The van der Waals surface area contributed by atoms with E-state index in [1.807, 2.05) is 41.5 Å². The Hall–Kier alpha value is -1.83. The van der Waals surface area contributed by atoms with Crippen LogP contribution >= 0.6 is 0 Å². The van der Waals surface area contributed by atoms with Gasteiger partial charge in [-0.2, -0.15) is 0 Å². The molecule has 2 amide bonds. The lowest BCUT2D eigenvalue weighted by molar-refractivity contribution is -0.121. The number of nitrogens with two attached hydrogens (primary N) is 1. The molecule has 0 spiro atoms. The number of piperidine rings is 2. The van der Waals surface area contributed by atoms with Gasteiger partial charge in [0.25, 0.3) is 0 Å². The minimum absolute atomic E-state index is 0.196. The molecule has 0 aliphatic carbocycles. The zero-order chi connectivity index (χ0) is 22.2. The second-order valence-electron chi connectivity index (χ2n) is 9.65. The molecule has 2 aliphatic rings. The van der Waals surface area contributed by atoms with Gasteiger partial charge in [-0.05, 0) is 66.8 Å². The van der Waals surface area contributed by atoms with Gasteiger partial charge in [-0.25, -0.2) is 9.59 Å². The lowest BCUT2D eigenvalue weighted by atomic mass is 9.97. The molecule has 0 aromatic heterocycles. The summed E-state index contributed by atoms with van der Waals surface area (Å²) in [6.45, 7) is 14.4. The van der Waals surface area contributed by atoms with Crippen molar-refractivity contribution in [3.05, 3.63) is 0 Å². The molecule has 8 heteroatoms. The van der Waals surface area contributed by atoms with Crippen molar-refractivity contribution in [2.75, 3.05) is 32.7 Å². The first kappa shape index (κ1) is 25.2. The molecule has 0 aromatic carbocycles. The largest absolute Gasteiger partial charge is 0.444 e. The van der Waals surface area contributed by atoms with Crippen LogP contribution in [0.5, 0.6) is 0 Å². The van der Waals surface area contributed by atoms with Gasteiger partial charge in [0.15, 0.2) is 0 Å². The van der Waals surface area contributed by atoms with Gasteiger partial charge in [0.1, 0.15) is 17.0 Å². The van der Waals surface area contributed by atoms with Crippen molar-refractivity contribution in [2.24, 2.45) is 11.7 Å². The molecule has 8 nitrogen and oxygen atoms in total. The van der Waals surface area contributed by atoms with Crippen LogP contribution in [0.3, 0.4) is 0 Å². The second kappa shape index (κ2) is 10.8. The maximum absolute atomic E-state index is 11.7. The van der Waals surface area contributed by atoms with E-state index in [0.29, 0.717) is 31.8 Å². The average Bonchev–Trinajstić information content (AvgIpc) is 2.60. The number of rotatable bonds is 1. The quantitative estimate of drug-likeness (QED) is 0.708. The van der Waals surface area contributed by atoms with Crippen molar-refractivity contribution >= 4 is 18.0 Å². The SMILES string of the molecule is CC(C)(C)OC(=O)N1CCC(=O)CC1.CC(C)(C)OC(=O)N1CCC(CN)CC1. The molecule has 0 aromatic rings. The Morgan fingerprint density at radius 1 is 0.862 bits per heavy atom. The van der Waals surface area contributed by atoms with Crippen LogP contribution in [0, 0.1) is 5.92 Å². The van der Waals surface area contributed by atoms with E-state index in [9.17, 15) is 14.4 Å². The second-order valence-corrected chi connectivity index (χ2v) is 9.65. The summed E-state index contributed by atoms with van der Waals surface area (Å²) >= 11 is 0. The van der Waals surface area contributed by atoms with Crippen LogP contribution in [0.2, 0.25) is 0 Å². The number of ether oxygens (including phenoxy) is 2. The highest BCUT2D eigenvalue weighted by Crippen LogP contribution is 2.18. The van der Waals surface area contributed by atoms with Gasteiger partial charge in [-0.3, -0.25) is 4.79 Å². The molecule has 0 unspecified atom stereocenters. The van der Waals surface area contributed by atoms with E-state index in [1.54, 1.807) is 9.80 Å². The van der Waals surface area contributed by atoms with Gasteiger partial charge >= 0.3 is 12.2 Å². The fourth-order valence-electron chi connectivity index (χ4n) is 2.94. The summed E-state index contributed by atoms with van der Waals surface area (Å²) in [5.41, 5.74) is 4.73. The molecule has 2 aliphatic heterocycles. The Balaban J connectivity index is 0.000000291. The number of carbonyl (C=O) groups excluding carboxylic acids is 3. The van der Waals surface area contributed by atoms with E-state index in [4.69, 9.17) is 15.2 Å². The molecule has 0 atom stereocenters. The fourth-order valence-corrected chi connectivity index (χ4v) is 2.94. The fraction of sp³-hybridized carbons (Fsp3) is 0.857. The summed E-state index contributed by atoms with van der Waals surface area (Å²) in [5, 5.41) is 0. The van der Waals surface area contributed by atoms with Gasteiger partial charge in [0.05, 0.1) is 0 Å². The van der Waals surface area contributed by atoms with Crippen LogP contribution in [-0.2, 0) is 14.3 Å². The van der Waals surface area contributed by atoms with E-state index >= 15 is 0 Å². The summed E-state index contributed by atoms with van der Waals surface area (Å²) in [7, 11) is 0. The third-order valence-electron chi connectivity index (χ3n) is 4.57. The predicted octanol–water partition coefficient (Wildman–Crippen LogP) is 3.18. The van der Waals surface area contributed by atoms with Gasteiger partial charge < -0.3 is 25.0 Å². The van der Waals surface area contributed by atoms with Gasteiger partial charge in [0.2, 0.25) is 0 Å². The van der Waals surface area contributed by atoms with Gasteiger partial charge in [-0.15, -0.1) is 0 Å². The average molecular weight is 414 g/mol. The van der Waals surface area contributed by atoms with Crippen molar-refractivity contribution in [2.45, 2.75) is 78.4 Å². The molecule has 2 heterocycles. The zero-order valence-corrected chi connectivity index (χ0v) is 19.0. The van der Waals surface area contributed by atoms with Crippen molar-refractivity contribution in [3.63, 3.8) is 0 Å². The van der Waals surface area contributed by atoms with E-state index in [1.165, 1.54) is 0 Å². The summed E-state index contributed by atoms with van der Waals surface area (Å²) in [4.78, 5) is 37.5. The highest BCUT2D eigenvalue weighted by molar-refractivity contribution is 5.81. The highest BCUT2D eigenvalue weighted by Gasteiger charge is 2.26. The van der Waals surface area contributed by atoms with E-state index < -0.39 is 11.2 Å². The first-order valence-corrected chi connectivity index (χ1v) is 10.5. The molecular weight excluding hydrogens is 374 g/mol. The standard InChI is InChI=1S/C11H22N2O2.C10H17NO3/c1-11(2,3)15-10(14)13-6-4-9(8-12)5-7-13;1-10(2,3)14-9(13)11-6-4-8(12)5-7-11/h9H,4-8,12H2,1-3H3;4-7H2,1-3H3.